The third-order valence-corrected chi connectivity index (χ3v) is 3.73. The van der Waals surface area contributed by atoms with Crippen molar-refractivity contribution in [3.05, 3.63) is 53.6 Å². The Morgan fingerprint density at radius 2 is 2.00 bits per heavy atom. The molecule has 0 radical (unpaired) electrons. The van der Waals surface area contributed by atoms with Crippen LogP contribution in [0.15, 0.2) is 42.5 Å². The quantitative estimate of drug-likeness (QED) is 0.737. The van der Waals surface area contributed by atoms with E-state index in [-0.39, 0.29) is 24.0 Å². The number of likely N-dealkylation sites (N-methyl/N-ethyl adjacent to an activating group) is 1. The molecule has 0 heterocycles. The standard InChI is InChI=1S/C19H19F2N3O3/c1-24(12-18(25)23-15-6-4-3-5-14(15)10-22)11-13-7-8-16(27-19(20)21)17(9-13)26-2/h3-9,19H,11-12H2,1-2H3,(H,23,25)/p+1. The molecule has 2 aromatic carbocycles. The monoisotopic (exact) mass is 376 g/mol. The summed E-state index contributed by atoms with van der Waals surface area (Å²) in [7, 11) is 3.19. The molecule has 2 rings (SSSR count). The van der Waals surface area contributed by atoms with Gasteiger partial charge in [0.15, 0.2) is 18.0 Å². The third-order valence-electron chi connectivity index (χ3n) is 3.73. The van der Waals surface area contributed by atoms with E-state index < -0.39 is 6.61 Å². The number of para-hydroxylation sites is 1. The molecule has 1 atom stereocenters. The zero-order valence-corrected chi connectivity index (χ0v) is 15.0. The Labute approximate surface area is 155 Å². The molecule has 8 heteroatoms. The number of rotatable bonds is 8. The second kappa shape index (κ2) is 9.50. The zero-order valence-electron chi connectivity index (χ0n) is 15.0. The van der Waals surface area contributed by atoms with Gasteiger partial charge < -0.3 is 19.7 Å². The van der Waals surface area contributed by atoms with Crippen molar-refractivity contribution in [2.24, 2.45) is 0 Å². The molecule has 2 N–H and O–H groups in total. The second-order valence-electron chi connectivity index (χ2n) is 5.88. The minimum atomic E-state index is -2.93. The summed E-state index contributed by atoms with van der Waals surface area (Å²) in [5.74, 6) is -0.0763. The number of nitriles is 1. The number of nitrogens with one attached hydrogen (secondary N) is 2. The predicted molar refractivity (Wildman–Crippen MR) is 94.9 cm³/mol. The molecule has 0 spiro atoms. The molecule has 0 bridgehead atoms. The van der Waals surface area contributed by atoms with Crippen LogP contribution in [0.4, 0.5) is 14.5 Å². The van der Waals surface area contributed by atoms with E-state index in [0.29, 0.717) is 17.8 Å². The number of anilines is 1. The molecule has 27 heavy (non-hydrogen) atoms. The number of benzene rings is 2. The van der Waals surface area contributed by atoms with Gasteiger partial charge in [0.05, 0.1) is 25.4 Å². The lowest BCUT2D eigenvalue weighted by Gasteiger charge is -2.16. The molecule has 0 saturated carbocycles. The first-order valence-electron chi connectivity index (χ1n) is 8.15. The van der Waals surface area contributed by atoms with Crippen molar-refractivity contribution in [2.75, 3.05) is 26.0 Å². The lowest BCUT2D eigenvalue weighted by atomic mass is 10.2. The molecule has 0 aliphatic carbocycles. The van der Waals surface area contributed by atoms with Gasteiger partial charge in [0, 0.05) is 5.56 Å². The van der Waals surface area contributed by atoms with Gasteiger partial charge in [0.2, 0.25) is 0 Å². The fourth-order valence-electron chi connectivity index (χ4n) is 2.58. The van der Waals surface area contributed by atoms with E-state index in [1.807, 2.05) is 13.1 Å². The molecule has 6 nitrogen and oxygen atoms in total. The summed E-state index contributed by atoms with van der Waals surface area (Å²) in [5.41, 5.74) is 1.66. The fourth-order valence-corrected chi connectivity index (χ4v) is 2.58. The molecule has 0 aromatic heterocycles. The van der Waals surface area contributed by atoms with Crippen molar-refractivity contribution in [3.8, 4) is 17.6 Å². The van der Waals surface area contributed by atoms with Crippen LogP contribution in [0.25, 0.3) is 0 Å². The highest BCUT2D eigenvalue weighted by molar-refractivity contribution is 5.92. The Morgan fingerprint density at radius 1 is 1.26 bits per heavy atom. The molecule has 0 fully saturated rings. The Bertz CT molecular complexity index is 837. The maximum atomic E-state index is 12.4. The predicted octanol–water partition coefficient (Wildman–Crippen LogP) is 1.82. The van der Waals surface area contributed by atoms with E-state index in [1.54, 1.807) is 36.4 Å². The average molecular weight is 376 g/mol. The van der Waals surface area contributed by atoms with Gasteiger partial charge in [-0.1, -0.05) is 12.1 Å². The van der Waals surface area contributed by atoms with Crippen LogP contribution in [-0.4, -0.2) is 33.2 Å². The summed E-state index contributed by atoms with van der Waals surface area (Å²) < 4.78 is 34.2. The van der Waals surface area contributed by atoms with Crippen LogP contribution < -0.4 is 19.7 Å². The van der Waals surface area contributed by atoms with Gasteiger partial charge in [0.25, 0.3) is 5.91 Å². The van der Waals surface area contributed by atoms with Crippen molar-refractivity contribution < 1.29 is 27.9 Å². The molecule has 0 aliphatic rings. The number of quaternary nitrogens is 1. The van der Waals surface area contributed by atoms with Crippen LogP contribution in [0, 0.1) is 11.3 Å². The van der Waals surface area contributed by atoms with Crippen LogP contribution in [0.5, 0.6) is 11.5 Å². The van der Waals surface area contributed by atoms with Crippen molar-refractivity contribution in [1.29, 1.82) is 5.26 Å². The van der Waals surface area contributed by atoms with Crippen LogP contribution in [0.2, 0.25) is 0 Å². The number of ether oxygens (including phenoxy) is 2. The Kier molecular flexibility index (Phi) is 7.08. The maximum Gasteiger partial charge on any atom is 0.387 e. The molecule has 1 unspecified atom stereocenters. The maximum absolute atomic E-state index is 12.4. The molecule has 0 aliphatic heterocycles. The van der Waals surface area contributed by atoms with E-state index in [0.717, 1.165) is 10.5 Å². The van der Waals surface area contributed by atoms with Gasteiger partial charge in [-0.2, -0.15) is 14.0 Å². The summed E-state index contributed by atoms with van der Waals surface area (Å²) >= 11 is 0. The zero-order chi connectivity index (χ0) is 19.8. The average Bonchev–Trinajstić information content (AvgIpc) is 2.62. The highest BCUT2D eigenvalue weighted by Gasteiger charge is 2.15. The van der Waals surface area contributed by atoms with Gasteiger partial charge >= 0.3 is 6.61 Å². The van der Waals surface area contributed by atoms with Gasteiger partial charge in [0.1, 0.15) is 12.6 Å². The summed E-state index contributed by atoms with van der Waals surface area (Å²) in [6.45, 7) is -2.30. The first-order chi connectivity index (χ1) is 12.9. The van der Waals surface area contributed by atoms with Crippen LogP contribution in [-0.2, 0) is 11.3 Å². The van der Waals surface area contributed by atoms with Gasteiger partial charge in [-0.3, -0.25) is 4.79 Å². The third kappa shape index (κ3) is 5.94. The number of hydrogen-bond acceptors (Lipinski definition) is 4. The SMILES string of the molecule is COc1cc(C[NH+](C)CC(=O)Nc2ccccc2C#N)ccc1OC(F)F. The normalized spacial score (nSPS) is 11.6. The van der Waals surface area contributed by atoms with Crippen molar-refractivity contribution in [2.45, 2.75) is 13.2 Å². The van der Waals surface area contributed by atoms with Crippen molar-refractivity contribution >= 4 is 11.6 Å². The van der Waals surface area contributed by atoms with Gasteiger partial charge in [-0.15, -0.1) is 0 Å². The first-order valence-corrected chi connectivity index (χ1v) is 8.15. The minimum absolute atomic E-state index is 0.0419. The molecular formula is C19H20F2N3O3+. The van der Waals surface area contributed by atoms with E-state index in [2.05, 4.69) is 10.1 Å². The lowest BCUT2D eigenvalue weighted by Crippen LogP contribution is -3.08. The number of alkyl halides is 2. The molecule has 142 valence electrons. The van der Waals surface area contributed by atoms with E-state index >= 15 is 0 Å². The van der Waals surface area contributed by atoms with E-state index in [9.17, 15) is 13.6 Å². The van der Waals surface area contributed by atoms with Gasteiger partial charge in [-0.05, 0) is 30.3 Å². The topological polar surface area (TPSA) is 75.8 Å². The number of amides is 1. The Hall–Kier alpha value is -3.18. The number of hydrogen-bond donors (Lipinski definition) is 2. The van der Waals surface area contributed by atoms with Gasteiger partial charge in [-0.25, -0.2) is 0 Å². The highest BCUT2D eigenvalue weighted by Crippen LogP contribution is 2.29. The van der Waals surface area contributed by atoms with Crippen molar-refractivity contribution in [3.63, 3.8) is 0 Å². The minimum Gasteiger partial charge on any atom is -0.493 e. The van der Waals surface area contributed by atoms with Crippen LogP contribution in [0.1, 0.15) is 11.1 Å². The molecule has 1 amide bonds. The summed E-state index contributed by atoms with van der Waals surface area (Å²) in [5, 5.41) is 11.8. The van der Waals surface area contributed by atoms with E-state index in [1.165, 1.54) is 13.2 Å². The second-order valence-corrected chi connectivity index (χ2v) is 5.88. The highest BCUT2D eigenvalue weighted by atomic mass is 19.3. The Balaban J connectivity index is 1.97. The molecule has 2 aromatic rings. The van der Waals surface area contributed by atoms with E-state index in [4.69, 9.17) is 10.00 Å². The Morgan fingerprint density at radius 3 is 2.67 bits per heavy atom. The number of carbonyl (C=O) groups excluding carboxylic acids is 1. The number of nitrogens with zero attached hydrogens (tertiary/aromatic N) is 1. The summed E-state index contributed by atoms with van der Waals surface area (Å²) in [6, 6.07) is 13.4. The molecule has 0 saturated heterocycles. The van der Waals surface area contributed by atoms with Crippen molar-refractivity contribution in [1.82, 2.24) is 0 Å². The van der Waals surface area contributed by atoms with Crippen LogP contribution >= 0.6 is 0 Å². The number of carbonyl (C=O) groups is 1. The fraction of sp³-hybridized carbons (Fsp3) is 0.263. The smallest absolute Gasteiger partial charge is 0.387 e. The number of methoxy groups -OCH3 is 1. The van der Waals surface area contributed by atoms with Crippen LogP contribution in [0.3, 0.4) is 0 Å². The summed E-state index contributed by atoms with van der Waals surface area (Å²) in [4.78, 5) is 13.1. The molecular weight excluding hydrogens is 356 g/mol. The summed E-state index contributed by atoms with van der Waals surface area (Å²) in [6.07, 6.45) is 0. The number of halogens is 2. The largest absolute Gasteiger partial charge is 0.493 e. The first kappa shape index (κ1) is 20.1. The lowest BCUT2D eigenvalue weighted by molar-refractivity contribution is -0.885.